The average Bonchev–Trinajstić information content (AvgIpc) is 2.79. The second kappa shape index (κ2) is 9.06. The van der Waals surface area contributed by atoms with Crippen LogP contribution in [0.15, 0.2) is 41.3 Å². The van der Waals surface area contributed by atoms with Crippen LogP contribution in [0.25, 0.3) is 11.0 Å². The van der Waals surface area contributed by atoms with Gasteiger partial charge in [-0.15, -0.1) is 0 Å². The number of alkyl halides is 3. The Kier molecular flexibility index (Phi) is 6.28. The van der Waals surface area contributed by atoms with E-state index in [1.54, 1.807) is 0 Å². The zero-order valence-electron chi connectivity index (χ0n) is 17.7. The lowest BCUT2D eigenvalue weighted by Gasteiger charge is -2.28. The second-order valence-electron chi connectivity index (χ2n) is 7.83. The monoisotopic (exact) mass is 496 g/mol. The molecular weight excluding hydrogens is 479 g/mol. The van der Waals surface area contributed by atoms with Crippen molar-refractivity contribution in [3.8, 4) is 0 Å². The van der Waals surface area contributed by atoms with E-state index >= 15 is 0 Å². The van der Waals surface area contributed by atoms with Gasteiger partial charge in [0.25, 0.3) is 11.8 Å². The number of H-pyrrole nitrogens is 1. The van der Waals surface area contributed by atoms with Crippen LogP contribution in [0.4, 0.5) is 27.8 Å². The summed E-state index contributed by atoms with van der Waals surface area (Å²) in [6.45, 7) is 0.282. The number of halogens is 5. The summed E-state index contributed by atoms with van der Waals surface area (Å²) in [5, 5.41) is 11.1. The average molecular weight is 496 g/mol. The molecule has 1 saturated heterocycles. The molecule has 1 aliphatic rings. The van der Waals surface area contributed by atoms with E-state index < -0.39 is 58.3 Å². The molecule has 4 rings (SSSR count). The molecule has 2 aromatic heterocycles. The summed E-state index contributed by atoms with van der Waals surface area (Å²) < 4.78 is 68.8. The van der Waals surface area contributed by atoms with Crippen molar-refractivity contribution in [2.45, 2.75) is 31.2 Å². The van der Waals surface area contributed by atoms with Gasteiger partial charge in [-0.1, -0.05) is 6.07 Å². The zero-order valence-corrected chi connectivity index (χ0v) is 17.7. The maximum absolute atomic E-state index is 14.0. The number of anilines is 1. The number of aliphatic hydroxyl groups is 1. The normalized spacial score (nSPS) is 17.5. The van der Waals surface area contributed by atoms with E-state index in [1.165, 1.54) is 22.3 Å². The predicted octanol–water partition coefficient (Wildman–Crippen LogP) is 2.72. The highest BCUT2D eigenvalue weighted by molar-refractivity contribution is 5.99. The van der Waals surface area contributed by atoms with Gasteiger partial charge >= 0.3 is 6.18 Å². The standard InChI is InChI=1S/C22H17F5N4O4/c23-12-3-1-4-13(24)16(12)18(22(25,26)27)30-20(34)11-9-28-19-10(17(11)33)6-7-15(29-19)31-8-2-5-14(32)21(31)35/h1,3-4,6-7,9,14,18,32H,2,5,8H2,(H,30,34)(H,28,29,33). The topological polar surface area (TPSA) is 115 Å². The van der Waals surface area contributed by atoms with Crippen molar-refractivity contribution in [3.05, 3.63) is 69.5 Å². The minimum atomic E-state index is -5.27. The lowest BCUT2D eigenvalue weighted by Crippen LogP contribution is -2.44. The molecule has 2 amide bonds. The minimum Gasteiger partial charge on any atom is -0.383 e. The molecule has 1 fully saturated rings. The SMILES string of the molecule is O=C(NC(c1c(F)cccc1F)C(F)(F)F)c1c[nH]c2nc(N3CCCC(O)C3=O)ccc2c1=O. The van der Waals surface area contributed by atoms with Crippen molar-refractivity contribution in [2.24, 2.45) is 0 Å². The third kappa shape index (κ3) is 4.58. The van der Waals surface area contributed by atoms with Crippen LogP contribution in [0.2, 0.25) is 0 Å². The highest BCUT2D eigenvalue weighted by Crippen LogP contribution is 2.35. The van der Waals surface area contributed by atoms with Gasteiger partial charge in [0.1, 0.15) is 34.8 Å². The molecule has 3 aromatic rings. The maximum Gasteiger partial charge on any atom is 0.413 e. The summed E-state index contributed by atoms with van der Waals surface area (Å²) in [5.41, 5.74) is -3.22. The Morgan fingerprint density at radius 2 is 1.86 bits per heavy atom. The number of amides is 2. The van der Waals surface area contributed by atoms with E-state index in [0.29, 0.717) is 25.0 Å². The Balaban J connectivity index is 1.67. The van der Waals surface area contributed by atoms with E-state index in [1.807, 2.05) is 0 Å². The van der Waals surface area contributed by atoms with E-state index in [0.717, 1.165) is 12.3 Å². The first-order valence-electron chi connectivity index (χ1n) is 10.3. The number of hydrogen-bond acceptors (Lipinski definition) is 5. The highest BCUT2D eigenvalue weighted by atomic mass is 19.4. The molecule has 1 aromatic carbocycles. The van der Waals surface area contributed by atoms with Gasteiger partial charge in [0.15, 0.2) is 6.04 Å². The van der Waals surface area contributed by atoms with Gasteiger partial charge in [-0.25, -0.2) is 13.8 Å². The van der Waals surface area contributed by atoms with Crippen molar-refractivity contribution in [1.82, 2.24) is 15.3 Å². The van der Waals surface area contributed by atoms with Crippen LogP contribution in [-0.2, 0) is 4.79 Å². The molecule has 2 unspecified atom stereocenters. The van der Waals surface area contributed by atoms with Crippen LogP contribution in [0, 0.1) is 11.6 Å². The molecule has 0 bridgehead atoms. The molecule has 8 nitrogen and oxygen atoms in total. The Labute approximate surface area is 193 Å². The van der Waals surface area contributed by atoms with E-state index in [4.69, 9.17) is 0 Å². The summed E-state index contributed by atoms with van der Waals surface area (Å²) in [5.74, 6) is -5.00. The van der Waals surface area contributed by atoms with Crippen LogP contribution in [-0.4, -0.2) is 45.7 Å². The first kappa shape index (κ1) is 24.3. The summed E-state index contributed by atoms with van der Waals surface area (Å²) in [6, 6.07) is 1.56. The van der Waals surface area contributed by atoms with Crippen LogP contribution >= 0.6 is 0 Å². The van der Waals surface area contributed by atoms with Gasteiger partial charge in [-0.05, 0) is 37.1 Å². The zero-order chi connectivity index (χ0) is 25.5. The van der Waals surface area contributed by atoms with Crippen LogP contribution in [0.1, 0.15) is 34.8 Å². The number of nitrogens with one attached hydrogen (secondary N) is 2. The van der Waals surface area contributed by atoms with Gasteiger partial charge in [0, 0.05) is 12.7 Å². The number of benzene rings is 1. The highest BCUT2D eigenvalue weighted by Gasteiger charge is 2.45. The van der Waals surface area contributed by atoms with Gasteiger partial charge in [-0.2, -0.15) is 13.2 Å². The Bertz CT molecular complexity index is 1350. The fourth-order valence-electron chi connectivity index (χ4n) is 3.81. The first-order valence-corrected chi connectivity index (χ1v) is 10.3. The Hall–Kier alpha value is -3.87. The van der Waals surface area contributed by atoms with Crippen molar-refractivity contribution >= 4 is 28.7 Å². The van der Waals surface area contributed by atoms with Crippen molar-refractivity contribution < 1.29 is 36.6 Å². The molecular formula is C22H17F5N4O4. The number of hydrogen-bond donors (Lipinski definition) is 3. The quantitative estimate of drug-likeness (QED) is 0.481. The smallest absolute Gasteiger partial charge is 0.383 e. The van der Waals surface area contributed by atoms with Gasteiger partial charge < -0.3 is 15.4 Å². The lowest BCUT2D eigenvalue weighted by atomic mass is 10.0. The molecule has 3 N–H and O–H groups in total. The van der Waals surface area contributed by atoms with Crippen LogP contribution in [0.5, 0.6) is 0 Å². The van der Waals surface area contributed by atoms with Crippen molar-refractivity contribution in [2.75, 3.05) is 11.4 Å². The number of rotatable bonds is 4. The number of piperidine rings is 1. The van der Waals surface area contributed by atoms with Crippen LogP contribution in [0.3, 0.4) is 0 Å². The second-order valence-corrected chi connectivity index (χ2v) is 7.83. The van der Waals surface area contributed by atoms with Crippen LogP contribution < -0.4 is 15.6 Å². The first-order chi connectivity index (χ1) is 16.5. The van der Waals surface area contributed by atoms with Gasteiger partial charge in [0.2, 0.25) is 5.43 Å². The summed E-state index contributed by atoms with van der Waals surface area (Å²) >= 11 is 0. The number of carbonyl (C=O) groups is 2. The summed E-state index contributed by atoms with van der Waals surface area (Å²) in [6.07, 6.45) is -4.83. The molecule has 0 saturated carbocycles. The predicted molar refractivity (Wildman–Crippen MR) is 113 cm³/mol. The molecule has 184 valence electrons. The molecule has 0 spiro atoms. The maximum atomic E-state index is 14.0. The number of aromatic nitrogens is 2. The van der Waals surface area contributed by atoms with E-state index in [9.17, 15) is 41.4 Å². The third-order valence-electron chi connectivity index (χ3n) is 5.55. The van der Waals surface area contributed by atoms with Gasteiger partial charge in [-0.3, -0.25) is 19.3 Å². The molecule has 2 atom stereocenters. The molecule has 1 aliphatic heterocycles. The third-order valence-corrected chi connectivity index (χ3v) is 5.55. The van der Waals surface area contributed by atoms with Gasteiger partial charge in [0.05, 0.1) is 10.9 Å². The Morgan fingerprint density at radius 1 is 1.17 bits per heavy atom. The molecule has 3 heterocycles. The van der Waals surface area contributed by atoms with E-state index in [-0.39, 0.29) is 23.4 Å². The number of carbonyl (C=O) groups excluding carboxylic acids is 2. The molecule has 35 heavy (non-hydrogen) atoms. The fourth-order valence-corrected chi connectivity index (χ4v) is 3.81. The van der Waals surface area contributed by atoms with E-state index in [2.05, 4.69) is 9.97 Å². The largest absolute Gasteiger partial charge is 0.413 e. The fraction of sp³-hybridized carbons (Fsp3) is 0.273. The van der Waals surface area contributed by atoms with Crippen molar-refractivity contribution in [3.63, 3.8) is 0 Å². The number of aromatic amines is 1. The number of pyridine rings is 2. The number of fused-ring (bicyclic) bond motifs is 1. The lowest BCUT2D eigenvalue weighted by molar-refractivity contribution is -0.156. The number of aliphatic hydroxyl groups excluding tert-OH is 1. The Morgan fingerprint density at radius 3 is 2.51 bits per heavy atom. The molecule has 0 radical (unpaired) electrons. The van der Waals surface area contributed by atoms with Crippen molar-refractivity contribution in [1.29, 1.82) is 0 Å². The number of nitrogens with zero attached hydrogens (tertiary/aromatic N) is 2. The summed E-state index contributed by atoms with van der Waals surface area (Å²) in [4.78, 5) is 45.5. The molecule has 0 aliphatic carbocycles. The summed E-state index contributed by atoms with van der Waals surface area (Å²) in [7, 11) is 0. The minimum absolute atomic E-state index is 0.0653. The molecule has 13 heteroatoms.